The molecule has 120 valence electrons. The maximum Gasteiger partial charge on any atom is 0.228 e. The molecule has 1 aliphatic heterocycles. The molecule has 0 aromatic carbocycles. The van der Waals surface area contributed by atoms with Crippen LogP contribution < -0.4 is 5.32 Å². The molecule has 0 spiro atoms. The summed E-state index contributed by atoms with van der Waals surface area (Å²) >= 11 is 0. The van der Waals surface area contributed by atoms with Crippen LogP contribution in [-0.2, 0) is 15.9 Å². The lowest BCUT2D eigenvalue weighted by atomic mass is 10.2. The molecule has 1 aliphatic rings. The van der Waals surface area contributed by atoms with Crippen LogP contribution in [0.5, 0.6) is 0 Å². The predicted molar refractivity (Wildman–Crippen MR) is 78.1 cm³/mol. The fourth-order valence-corrected chi connectivity index (χ4v) is 2.43. The second-order valence-corrected chi connectivity index (χ2v) is 5.64. The van der Waals surface area contributed by atoms with Crippen LogP contribution in [0, 0.1) is 0 Å². The van der Waals surface area contributed by atoms with Crippen LogP contribution in [0.4, 0.5) is 0 Å². The zero-order valence-electron chi connectivity index (χ0n) is 13.3. The Morgan fingerprint density at radius 3 is 2.95 bits per heavy atom. The fourth-order valence-electron chi connectivity index (χ4n) is 2.43. The number of methoxy groups -OCH3 is 1. The van der Waals surface area contributed by atoms with Crippen LogP contribution in [0.2, 0.25) is 0 Å². The summed E-state index contributed by atoms with van der Waals surface area (Å²) < 4.78 is 16.3. The van der Waals surface area contributed by atoms with Gasteiger partial charge in [-0.25, -0.2) is 0 Å². The highest BCUT2D eigenvalue weighted by Crippen LogP contribution is 2.21. The molecule has 0 saturated carbocycles. The lowest BCUT2D eigenvalue weighted by Crippen LogP contribution is -2.42. The monoisotopic (exact) mass is 298 g/mol. The lowest BCUT2D eigenvalue weighted by Gasteiger charge is -2.34. The van der Waals surface area contributed by atoms with Crippen LogP contribution in [0.3, 0.4) is 0 Å². The summed E-state index contributed by atoms with van der Waals surface area (Å²) in [6.45, 7) is 7.45. The molecule has 1 fully saturated rings. The van der Waals surface area contributed by atoms with E-state index in [-0.39, 0.29) is 12.1 Å². The van der Waals surface area contributed by atoms with Crippen molar-refractivity contribution in [3.63, 3.8) is 0 Å². The van der Waals surface area contributed by atoms with Crippen LogP contribution in [-0.4, -0.2) is 67.6 Å². The van der Waals surface area contributed by atoms with Gasteiger partial charge in [0, 0.05) is 38.7 Å². The molecule has 1 saturated heterocycles. The molecule has 0 aliphatic carbocycles. The molecule has 2 atom stereocenters. The maximum absolute atomic E-state index is 5.77. The summed E-state index contributed by atoms with van der Waals surface area (Å²) in [7, 11) is 3.58. The van der Waals surface area contributed by atoms with Gasteiger partial charge < -0.3 is 19.3 Å². The summed E-state index contributed by atoms with van der Waals surface area (Å²) in [5, 5.41) is 7.24. The molecule has 2 rings (SSSR count). The first-order valence-electron chi connectivity index (χ1n) is 7.48. The van der Waals surface area contributed by atoms with Gasteiger partial charge in [-0.1, -0.05) is 5.16 Å². The number of ether oxygens (including phenoxy) is 2. The largest absolute Gasteiger partial charge is 0.383 e. The van der Waals surface area contributed by atoms with Gasteiger partial charge in [0.25, 0.3) is 0 Å². The SMILES string of the molecule is CNC(COC)Cc1nc(C2CN(C(C)C)CCO2)no1. The summed E-state index contributed by atoms with van der Waals surface area (Å²) in [5.41, 5.74) is 0. The van der Waals surface area contributed by atoms with Crippen molar-refractivity contribution < 1.29 is 14.0 Å². The van der Waals surface area contributed by atoms with Crippen LogP contribution >= 0.6 is 0 Å². The lowest BCUT2D eigenvalue weighted by molar-refractivity contribution is -0.0450. The normalized spacial score (nSPS) is 21.9. The first-order chi connectivity index (χ1) is 10.1. The van der Waals surface area contributed by atoms with Crippen molar-refractivity contribution in [2.75, 3.05) is 40.5 Å². The Kier molecular flexibility index (Phi) is 6.10. The average molecular weight is 298 g/mol. The van der Waals surface area contributed by atoms with Crippen molar-refractivity contribution in [1.29, 1.82) is 0 Å². The Balaban J connectivity index is 1.95. The van der Waals surface area contributed by atoms with Crippen LogP contribution in [0.25, 0.3) is 0 Å². The third kappa shape index (κ3) is 4.47. The molecule has 2 heterocycles. The standard InChI is InChI=1S/C14H26N4O3/c1-10(2)18-5-6-20-12(8-18)14-16-13(21-17-14)7-11(15-3)9-19-4/h10-12,15H,5-9H2,1-4H3. The maximum atomic E-state index is 5.77. The van der Waals surface area contributed by atoms with Crippen molar-refractivity contribution in [3.8, 4) is 0 Å². The van der Waals surface area contributed by atoms with Crippen molar-refractivity contribution in [2.24, 2.45) is 0 Å². The predicted octanol–water partition coefficient (Wildman–Crippen LogP) is 0.628. The molecule has 0 amide bonds. The third-order valence-electron chi connectivity index (χ3n) is 3.80. The third-order valence-corrected chi connectivity index (χ3v) is 3.80. The van der Waals surface area contributed by atoms with Crippen molar-refractivity contribution in [3.05, 3.63) is 11.7 Å². The Morgan fingerprint density at radius 2 is 2.29 bits per heavy atom. The minimum absolute atomic E-state index is 0.103. The van der Waals surface area contributed by atoms with Crippen molar-refractivity contribution in [2.45, 2.75) is 38.5 Å². The Hall–Kier alpha value is -1.02. The first kappa shape index (κ1) is 16.4. The van der Waals surface area contributed by atoms with E-state index in [1.807, 2.05) is 7.05 Å². The van der Waals surface area contributed by atoms with Gasteiger partial charge in [-0.2, -0.15) is 4.98 Å². The second kappa shape index (κ2) is 7.84. The van der Waals surface area contributed by atoms with E-state index in [0.29, 0.717) is 37.4 Å². The van der Waals surface area contributed by atoms with E-state index >= 15 is 0 Å². The molecule has 1 N–H and O–H groups in total. The molecule has 7 nitrogen and oxygen atoms in total. The van der Waals surface area contributed by atoms with E-state index < -0.39 is 0 Å². The van der Waals surface area contributed by atoms with Gasteiger partial charge >= 0.3 is 0 Å². The number of nitrogens with zero attached hydrogens (tertiary/aromatic N) is 3. The molecular weight excluding hydrogens is 272 g/mol. The molecule has 2 unspecified atom stereocenters. The Bertz CT molecular complexity index is 424. The van der Waals surface area contributed by atoms with E-state index in [1.54, 1.807) is 7.11 Å². The number of likely N-dealkylation sites (N-methyl/N-ethyl adjacent to an activating group) is 1. The average Bonchev–Trinajstić information content (AvgIpc) is 2.95. The van der Waals surface area contributed by atoms with Crippen LogP contribution in [0.1, 0.15) is 31.7 Å². The summed E-state index contributed by atoms with van der Waals surface area (Å²) in [5.74, 6) is 1.26. The van der Waals surface area contributed by atoms with E-state index in [9.17, 15) is 0 Å². The molecule has 7 heteroatoms. The van der Waals surface area contributed by atoms with Gasteiger partial charge in [0.1, 0.15) is 6.10 Å². The quantitative estimate of drug-likeness (QED) is 0.791. The number of nitrogens with one attached hydrogen (secondary N) is 1. The molecule has 0 bridgehead atoms. The molecule has 1 aromatic rings. The van der Waals surface area contributed by atoms with E-state index in [1.165, 1.54) is 0 Å². The highest BCUT2D eigenvalue weighted by molar-refractivity contribution is 4.96. The number of aromatic nitrogens is 2. The van der Waals surface area contributed by atoms with Crippen LogP contribution in [0.15, 0.2) is 4.52 Å². The molecule has 0 radical (unpaired) electrons. The van der Waals surface area contributed by atoms with E-state index in [2.05, 4.69) is 34.2 Å². The van der Waals surface area contributed by atoms with Gasteiger partial charge in [-0.05, 0) is 20.9 Å². The fraction of sp³-hybridized carbons (Fsp3) is 0.857. The number of rotatable bonds is 7. The zero-order valence-corrected chi connectivity index (χ0v) is 13.3. The first-order valence-corrected chi connectivity index (χ1v) is 7.48. The van der Waals surface area contributed by atoms with Crippen molar-refractivity contribution >= 4 is 0 Å². The zero-order chi connectivity index (χ0) is 15.2. The minimum atomic E-state index is -0.103. The summed E-state index contributed by atoms with van der Waals surface area (Å²) in [6, 6.07) is 0.667. The van der Waals surface area contributed by atoms with Gasteiger partial charge in [0.15, 0.2) is 0 Å². The number of morpholine rings is 1. The smallest absolute Gasteiger partial charge is 0.228 e. The second-order valence-electron chi connectivity index (χ2n) is 5.64. The van der Waals surface area contributed by atoms with Crippen molar-refractivity contribution in [1.82, 2.24) is 20.4 Å². The molecular formula is C14H26N4O3. The van der Waals surface area contributed by atoms with E-state index in [0.717, 1.165) is 13.1 Å². The van der Waals surface area contributed by atoms with Gasteiger partial charge in [-0.3, -0.25) is 4.90 Å². The topological polar surface area (TPSA) is 72.7 Å². The Morgan fingerprint density at radius 1 is 1.48 bits per heavy atom. The number of hydrogen-bond donors (Lipinski definition) is 1. The van der Waals surface area contributed by atoms with Gasteiger partial charge in [-0.15, -0.1) is 0 Å². The highest BCUT2D eigenvalue weighted by atomic mass is 16.5. The molecule has 1 aromatic heterocycles. The summed E-state index contributed by atoms with van der Waals surface area (Å²) in [4.78, 5) is 6.84. The van der Waals surface area contributed by atoms with E-state index in [4.69, 9.17) is 14.0 Å². The summed E-state index contributed by atoms with van der Waals surface area (Å²) in [6.07, 6.45) is 0.548. The Labute approximate surface area is 126 Å². The molecule has 21 heavy (non-hydrogen) atoms. The number of hydrogen-bond acceptors (Lipinski definition) is 7. The highest BCUT2D eigenvalue weighted by Gasteiger charge is 2.27. The van der Waals surface area contributed by atoms with Gasteiger partial charge in [0.05, 0.1) is 13.2 Å². The minimum Gasteiger partial charge on any atom is -0.383 e. The van der Waals surface area contributed by atoms with Gasteiger partial charge in [0.2, 0.25) is 11.7 Å².